The Morgan fingerprint density at radius 1 is 1.73 bits per heavy atom. The largest absolute Gasteiger partial charge is 0.316 e. The van der Waals surface area contributed by atoms with Gasteiger partial charge in [-0.15, -0.1) is 0 Å². The van der Waals surface area contributed by atoms with Gasteiger partial charge in [-0.1, -0.05) is 12.7 Å². The molecule has 1 aliphatic rings. The Morgan fingerprint density at radius 2 is 2.45 bits per heavy atom. The van der Waals surface area contributed by atoms with Gasteiger partial charge >= 0.3 is 0 Å². The fourth-order valence-corrected chi connectivity index (χ4v) is 1.50. The summed E-state index contributed by atoms with van der Waals surface area (Å²) in [5.41, 5.74) is -1.19. The van der Waals surface area contributed by atoms with Gasteiger partial charge in [0.2, 0.25) is 0 Å². The molecule has 0 bridgehead atoms. The standard InChI is InChI=1S/C9H16FN/c1-3-9(2,10)8-5-4-6-11-7-8/h3,8,11H,1,4-7H2,2H3. The first-order valence-corrected chi connectivity index (χ1v) is 4.20. The number of rotatable bonds is 2. The zero-order chi connectivity index (χ0) is 8.32. The van der Waals surface area contributed by atoms with Gasteiger partial charge in [-0.05, 0) is 26.3 Å². The van der Waals surface area contributed by atoms with Gasteiger partial charge in [0, 0.05) is 12.5 Å². The van der Waals surface area contributed by atoms with Crippen LogP contribution in [0.3, 0.4) is 0 Å². The Labute approximate surface area is 67.7 Å². The van der Waals surface area contributed by atoms with E-state index in [0.717, 1.165) is 25.9 Å². The minimum atomic E-state index is -1.19. The summed E-state index contributed by atoms with van der Waals surface area (Å²) in [6.07, 6.45) is 3.48. The summed E-state index contributed by atoms with van der Waals surface area (Å²) in [6.45, 7) is 6.94. The van der Waals surface area contributed by atoms with Crippen molar-refractivity contribution in [1.82, 2.24) is 5.32 Å². The third kappa shape index (κ3) is 2.03. The van der Waals surface area contributed by atoms with Crippen molar-refractivity contribution >= 4 is 0 Å². The molecule has 1 saturated heterocycles. The van der Waals surface area contributed by atoms with Crippen LogP contribution in [0.4, 0.5) is 4.39 Å². The van der Waals surface area contributed by atoms with E-state index in [0.29, 0.717) is 0 Å². The minimum Gasteiger partial charge on any atom is -0.316 e. The molecule has 1 rings (SSSR count). The number of hydrogen-bond donors (Lipinski definition) is 1. The molecule has 0 aromatic rings. The molecular weight excluding hydrogens is 141 g/mol. The van der Waals surface area contributed by atoms with Crippen molar-refractivity contribution in [3.05, 3.63) is 12.7 Å². The molecule has 0 amide bonds. The highest BCUT2D eigenvalue weighted by Crippen LogP contribution is 2.28. The number of piperidine rings is 1. The quantitative estimate of drug-likeness (QED) is 0.604. The van der Waals surface area contributed by atoms with E-state index in [4.69, 9.17) is 0 Å². The third-order valence-electron chi connectivity index (χ3n) is 2.49. The van der Waals surface area contributed by atoms with Gasteiger partial charge in [0.1, 0.15) is 5.67 Å². The van der Waals surface area contributed by atoms with E-state index in [-0.39, 0.29) is 5.92 Å². The van der Waals surface area contributed by atoms with Gasteiger partial charge in [-0.25, -0.2) is 4.39 Å². The normalized spacial score (nSPS) is 30.9. The highest BCUT2D eigenvalue weighted by molar-refractivity contribution is 4.99. The van der Waals surface area contributed by atoms with Crippen molar-refractivity contribution in [3.8, 4) is 0 Å². The molecule has 1 fully saturated rings. The lowest BCUT2D eigenvalue weighted by atomic mass is 9.85. The summed E-state index contributed by atoms with van der Waals surface area (Å²) in [6, 6.07) is 0. The molecule has 0 radical (unpaired) electrons. The molecule has 11 heavy (non-hydrogen) atoms. The first kappa shape index (κ1) is 8.72. The lowest BCUT2D eigenvalue weighted by Crippen LogP contribution is -2.40. The first-order chi connectivity index (χ1) is 5.17. The Morgan fingerprint density at radius 3 is 2.91 bits per heavy atom. The van der Waals surface area contributed by atoms with Crippen molar-refractivity contribution in [1.29, 1.82) is 0 Å². The van der Waals surface area contributed by atoms with Crippen LogP contribution < -0.4 is 5.32 Å². The van der Waals surface area contributed by atoms with E-state index in [9.17, 15) is 4.39 Å². The molecule has 1 aliphatic heterocycles. The number of nitrogens with one attached hydrogen (secondary N) is 1. The van der Waals surface area contributed by atoms with Crippen LogP contribution in [0.5, 0.6) is 0 Å². The van der Waals surface area contributed by atoms with Crippen LogP contribution in [0.15, 0.2) is 12.7 Å². The summed E-state index contributed by atoms with van der Waals surface area (Å²) < 4.78 is 13.5. The molecule has 0 aromatic heterocycles. The molecule has 64 valence electrons. The second-order valence-corrected chi connectivity index (χ2v) is 3.40. The predicted molar refractivity (Wildman–Crippen MR) is 45.3 cm³/mol. The highest BCUT2D eigenvalue weighted by Gasteiger charge is 2.31. The molecule has 2 atom stereocenters. The van der Waals surface area contributed by atoms with Crippen LogP contribution in [0.2, 0.25) is 0 Å². The summed E-state index contributed by atoms with van der Waals surface area (Å²) in [7, 11) is 0. The van der Waals surface area contributed by atoms with E-state index < -0.39 is 5.67 Å². The molecule has 1 heterocycles. The topological polar surface area (TPSA) is 12.0 Å². The van der Waals surface area contributed by atoms with Gasteiger partial charge in [0.25, 0.3) is 0 Å². The van der Waals surface area contributed by atoms with Crippen LogP contribution in [-0.2, 0) is 0 Å². The molecule has 1 nitrogen and oxygen atoms in total. The maximum absolute atomic E-state index is 13.5. The first-order valence-electron chi connectivity index (χ1n) is 4.20. The van der Waals surface area contributed by atoms with E-state index in [2.05, 4.69) is 11.9 Å². The Hall–Kier alpha value is -0.370. The van der Waals surface area contributed by atoms with Crippen LogP contribution in [0.1, 0.15) is 19.8 Å². The van der Waals surface area contributed by atoms with Crippen molar-refractivity contribution in [2.24, 2.45) is 5.92 Å². The minimum absolute atomic E-state index is 0.119. The second kappa shape index (κ2) is 3.35. The molecule has 1 N–H and O–H groups in total. The third-order valence-corrected chi connectivity index (χ3v) is 2.49. The van der Waals surface area contributed by atoms with Crippen LogP contribution in [0.25, 0.3) is 0 Å². The molecule has 0 aromatic carbocycles. The van der Waals surface area contributed by atoms with Gasteiger partial charge < -0.3 is 5.32 Å². The van der Waals surface area contributed by atoms with Crippen LogP contribution >= 0.6 is 0 Å². The average Bonchev–Trinajstić information content (AvgIpc) is 2.06. The Bertz CT molecular complexity index is 136. The van der Waals surface area contributed by atoms with Crippen LogP contribution in [-0.4, -0.2) is 18.8 Å². The predicted octanol–water partition coefficient (Wildman–Crippen LogP) is 1.90. The fraction of sp³-hybridized carbons (Fsp3) is 0.778. The highest BCUT2D eigenvalue weighted by atomic mass is 19.1. The van der Waals surface area contributed by atoms with Crippen molar-refractivity contribution in [2.75, 3.05) is 13.1 Å². The SMILES string of the molecule is C=CC(C)(F)C1CCCNC1. The van der Waals surface area contributed by atoms with Gasteiger partial charge in [0.05, 0.1) is 0 Å². The molecule has 0 spiro atoms. The van der Waals surface area contributed by atoms with E-state index in [1.807, 2.05) is 0 Å². The maximum Gasteiger partial charge on any atom is 0.130 e. The van der Waals surface area contributed by atoms with Crippen molar-refractivity contribution < 1.29 is 4.39 Å². The maximum atomic E-state index is 13.5. The summed E-state index contributed by atoms with van der Waals surface area (Å²) >= 11 is 0. The molecule has 2 unspecified atom stereocenters. The monoisotopic (exact) mass is 157 g/mol. The number of halogens is 1. The molecule has 2 heteroatoms. The zero-order valence-corrected chi connectivity index (χ0v) is 7.07. The van der Waals surface area contributed by atoms with Crippen molar-refractivity contribution in [3.63, 3.8) is 0 Å². The molecular formula is C9H16FN. The summed E-state index contributed by atoms with van der Waals surface area (Å²) in [5.74, 6) is 0.119. The van der Waals surface area contributed by atoms with Crippen molar-refractivity contribution in [2.45, 2.75) is 25.4 Å². The second-order valence-electron chi connectivity index (χ2n) is 3.40. The number of hydrogen-bond acceptors (Lipinski definition) is 1. The van der Waals surface area contributed by atoms with Gasteiger partial charge in [0.15, 0.2) is 0 Å². The lowest BCUT2D eigenvalue weighted by molar-refractivity contribution is 0.133. The molecule has 0 aliphatic carbocycles. The van der Waals surface area contributed by atoms with Crippen LogP contribution in [0, 0.1) is 5.92 Å². The van der Waals surface area contributed by atoms with E-state index >= 15 is 0 Å². The molecule has 0 saturated carbocycles. The van der Waals surface area contributed by atoms with Gasteiger partial charge in [-0.2, -0.15) is 0 Å². The summed E-state index contributed by atoms with van der Waals surface area (Å²) in [4.78, 5) is 0. The Kier molecular flexibility index (Phi) is 2.66. The van der Waals surface area contributed by atoms with E-state index in [1.165, 1.54) is 6.08 Å². The average molecular weight is 157 g/mol. The smallest absolute Gasteiger partial charge is 0.130 e. The Balaban J connectivity index is 2.50. The van der Waals surface area contributed by atoms with E-state index in [1.54, 1.807) is 6.92 Å². The number of alkyl halides is 1. The fourth-order valence-electron chi connectivity index (χ4n) is 1.50. The lowest BCUT2D eigenvalue weighted by Gasteiger charge is -2.31. The number of allylic oxidation sites excluding steroid dienone is 1. The zero-order valence-electron chi connectivity index (χ0n) is 7.07. The summed E-state index contributed by atoms with van der Waals surface area (Å²) in [5, 5.41) is 3.19. The van der Waals surface area contributed by atoms with Gasteiger partial charge in [-0.3, -0.25) is 0 Å².